The van der Waals surface area contributed by atoms with Crippen LogP contribution in [0.25, 0.3) is 0 Å². The van der Waals surface area contributed by atoms with Crippen molar-refractivity contribution >= 4 is 0 Å². The van der Waals surface area contributed by atoms with E-state index < -0.39 is 11.6 Å². The Bertz CT molecular complexity index is 623. The summed E-state index contributed by atoms with van der Waals surface area (Å²) in [4.78, 5) is 0. The van der Waals surface area contributed by atoms with E-state index >= 15 is 0 Å². The summed E-state index contributed by atoms with van der Waals surface area (Å²) in [6.07, 6.45) is 0.634. The van der Waals surface area contributed by atoms with Crippen molar-refractivity contribution in [2.24, 2.45) is 0 Å². The van der Waals surface area contributed by atoms with E-state index in [-0.39, 0.29) is 6.04 Å². The minimum atomic E-state index is -0.800. The van der Waals surface area contributed by atoms with Crippen LogP contribution in [0.5, 0.6) is 0 Å². The molecule has 0 radical (unpaired) electrons. The lowest BCUT2D eigenvalue weighted by Crippen LogP contribution is -2.24. The highest BCUT2D eigenvalue weighted by atomic mass is 19.2. The molecule has 0 fully saturated rings. The topological polar surface area (TPSA) is 12.0 Å². The number of rotatable bonds is 5. The van der Waals surface area contributed by atoms with Crippen LogP contribution < -0.4 is 5.32 Å². The molecule has 2 aromatic carbocycles. The van der Waals surface area contributed by atoms with Crippen LogP contribution >= 0.6 is 0 Å². The first kappa shape index (κ1) is 15.6. The molecule has 21 heavy (non-hydrogen) atoms. The maximum atomic E-state index is 13.4. The summed E-state index contributed by atoms with van der Waals surface area (Å²) in [5, 5.41) is 3.43. The highest BCUT2D eigenvalue weighted by molar-refractivity contribution is 5.36. The number of hydrogen-bond donors (Lipinski definition) is 1. The second kappa shape index (κ2) is 6.81. The fourth-order valence-electron chi connectivity index (χ4n) is 2.59. The van der Waals surface area contributed by atoms with E-state index in [2.05, 4.69) is 31.3 Å². The summed E-state index contributed by atoms with van der Waals surface area (Å²) in [5.74, 6) is -1.59. The Hall–Kier alpha value is -1.74. The first-order chi connectivity index (χ1) is 10.0. The number of nitrogens with one attached hydrogen (secondary N) is 1. The Morgan fingerprint density at radius 3 is 2.48 bits per heavy atom. The van der Waals surface area contributed by atoms with Crippen LogP contribution in [0.1, 0.15) is 35.2 Å². The average molecular weight is 289 g/mol. The van der Waals surface area contributed by atoms with E-state index in [1.807, 2.05) is 13.0 Å². The van der Waals surface area contributed by atoms with Crippen LogP contribution in [0.2, 0.25) is 0 Å². The van der Waals surface area contributed by atoms with Gasteiger partial charge < -0.3 is 5.32 Å². The zero-order chi connectivity index (χ0) is 15.4. The van der Waals surface area contributed by atoms with Crippen molar-refractivity contribution < 1.29 is 8.78 Å². The molecule has 0 amide bonds. The predicted octanol–water partition coefficient (Wildman–Crippen LogP) is 4.47. The maximum absolute atomic E-state index is 13.4. The number of halogens is 2. The molecule has 0 saturated heterocycles. The van der Waals surface area contributed by atoms with Gasteiger partial charge in [0, 0.05) is 6.04 Å². The quantitative estimate of drug-likeness (QED) is 0.856. The van der Waals surface area contributed by atoms with Gasteiger partial charge in [0.15, 0.2) is 11.6 Å². The molecule has 3 heteroatoms. The smallest absolute Gasteiger partial charge is 0.159 e. The van der Waals surface area contributed by atoms with E-state index in [0.29, 0.717) is 6.42 Å². The third-order valence-electron chi connectivity index (χ3n) is 3.90. The Morgan fingerprint density at radius 1 is 1.05 bits per heavy atom. The molecule has 0 aliphatic rings. The SMILES string of the molecule is CCNC(Cc1ccc(F)c(F)c1)c1cccc(C)c1C. The zero-order valence-electron chi connectivity index (χ0n) is 12.7. The first-order valence-corrected chi connectivity index (χ1v) is 7.26. The van der Waals surface area contributed by atoms with Crippen LogP contribution in [0.4, 0.5) is 8.78 Å². The van der Waals surface area contributed by atoms with Gasteiger partial charge in [0.05, 0.1) is 0 Å². The molecule has 1 nitrogen and oxygen atoms in total. The van der Waals surface area contributed by atoms with E-state index in [1.165, 1.54) is 28.8 Å². The lowest BCUT2D eigenvalue weighted by Gasteiger charge is -2.21. The minimum absolute atomic E-state index is 0.0970. The molecule has 0 aliphatic carbocycles. The largest absolute Gasteiger partial charge is 0.310 e. The van der Waals surface area contributed by atoms with Crippen LogP contribution in [-0.2, 0) is 6.42 Å². The van der Waals surface area contributed by atoms with Crippen molar-refractivity contribution in [1.82, 2.24) is 5.32 Å². The van der Waals surface area contributed by atoms with Crippen molar-refractivity contribution in [3.05, 3.63) is 70.3 Å². The van der Waals surface area contributed by atoms with Crippen molar-refractivity contribution in [2.75, 3.05) is 6.54 Å². The molecule has 0 spiro atoms. The normalized spacial score (nSPS) is 12.4. The number of hydrogen-bond acceptors (Lipinski definition) is 1. The predicted molar refractivity (Wildman–Crippen MR) is 82.4 cm³/mol. The Labute approximate surface area is 125 Å². The minimum Gasteiger partial charge on any atom is -0.310 e. The number of benzene rings is 2. The molecule has 2 rings (SSSR count). The van der Waals surface area contributed by atoms with Crippen molar-refractivity contribution in [1.29, 1.82) is 0 Å². The van der Waals surface area contributed by atoms with Gasteiger partial charge >= 0.3 is 0 Å². The van der Waals surface area contributed by atoms with Crippen molar-refractivity contribution in [3.63, 3.8) is 0 Å². The second-order valence-corrected chi connectivity index (χ2v) is 5.35. The van der Waals surface area contributed by atoms with Crippen molar-refractivity contribution in [2.45, 2.75) is 33.2 Å². The van der Waals surface area contributed by atoms with Gasteiger partial charge in [-0.2, -0.15) is 0 Å². The monoisotopic (exact) mass is 289 g/mol. The summed E-state index contributed by atoms with van der Waals surface area (Å²) < 4.78 is 26.4. The molecule has 1 atom stereocenters. The summed E-state index contributed by atoms with van der Waals surface area (Å²) in [6, 6.07) is 10.4. The highest BCUT2D eigenvalue weighted by Gasteiger charge is 2.15. The molecule has 0 heterocycles. The molecular weight excluding hydrogens is 268 g/mol. The van der Waals surface area contributed by atoms with Crippen LogP contribution in [-0.4, -0.2) is 6.54 Å². The lowest BCUT2D eigenvalue weighted by molar-refractivity contribution is 0.502. The van der Waals surface area contributed by atoms with Crippen LogP contribution in [0.15, 0.2) is 36.4 Å². The highest BCUT2D eigenvalue weighted by Crippen LogP contribution is 2.24. The van der Waals surface area contributed by atoms with Gasteiger partial charge in [-0.15, -0.1) is 0 Å². The van der Waals surface area contributed by atoms with Gasteiger partial charge in [-0.1, -0.05) is 31.2 Å². The summed E-state index contributed by atoms with van der Waals surface area (Å²) in [6.45, 7) is 7.05. The summed E-state index contributed by atoms with van der Waals surface area (Å²) >= 11 is 0. The number of aryl methyl sites for hydroxylation is 1. The Morgan fingerprint density at radius 2 is 1.81 bits per heavy atom. The zero-order valence-corrected chi connectivity index (χ0v) is 12.7. The van der Waals surface area contributed by atoms with Crippen LogP contribution in [0.3, 0.4) is 0 Å². The van der Waals surface area contributed by atoms with Gasteiger partial charge in [0.25, 0.3) is 0 Å². The second-order valence-electron chi connectivity index (χ2n) is 5.35. The Balaban J connectivity index is 2.30. The fourth-order valence-corrected chi connectivity index (χ4v) is 2.59. The maximum Gasteiger partial charge on any atom is 0.159 e. The molecule has 1 N–H and O–H groups in total. The Kier molecular flexibility index (Phi) is 5.07. The molecule has 2 aromatic rings. The van der Waals surface area contributed by atoms with E-state index in [4.69, 9.17) is 0 Å². The van der Waals surface area contributed by atoms with Gasteiger partial charge in [-0.25, -0.2) is 8.78 Å². The van der Waals surface area contributed by atoms with E-state index in [0.717, 1.165) is 12.1 Å². The lowest BCUT2D eigenvalue weighted by atomic mass is 9.93. The van der Waals surface area contributed by atoms with Gasteiger partial charge in [0.1, 0.15) is 0 Å². The third kappa shape index (κ3) is 3.67. The van der Waals surface area contributed by atoms with Gasteiger partial charge in [-0.3, -0.25) is 0 Å². The molecular formula is C18H21F2N. The molecule has 0 saturated carbocycles. The molecule has 0 bridgehead atoms. The van der Waals surface area contributed by atoms with Crippen molar-refractivity contribution in [3.8, 4) is 0 Å². The average Bonchev–Trinajstić information content (AvgIpc) is 2.45. The van der Waals surface area contributed by atoms with Gasteiger partial charge in [-0.05, 0) is 61.2 Å². The van der Waals surface area contributed by atoms with E-state index in [1.54, 1.807) is 6.07 Å². The fraction of sp³-hybridized carbons (Fsp3) is 0.333. The third-order valence-corrected chi connectivity index (χ3v) is 3.90. The van der Waals surface area contributed by atoms with E-state index in [9.17, 15) is 8.78 Å². The molecule has 1 unspecified atom stereocenters. The molecule has 112 valence electrons. The van der Waals surface area contributed by atoms with Crippen LogP contribution in [0, 0.1) is 25.5 Å². The standard InChI is InChI=1S/C18H21F2N/c1-4-21-18(15-7-5-6-12(2)13(15)3)11-14-8-9-16(19)17(20)10-14/h5-10,18,21H,4,11H2,1-3H3. The van der Waals surface area contributed by atoms with Gasteiger partial charge in [0.2, 0.25) is 0 Å². The number of likely N-dealkylation sites (N-methyl/N-ethyl adjacent to an activating group) is 1. The first-order valence-electron chi connectivity index (χ1n) is 7.26. The summed E-state index contributed by atoms with van der Waals surface area (Å²) in [7, 11) is 0. The molecule has 0 aliphatic heterocycles. The molecule has 0 aromatic heterocycles. The summed E-state index contributed by atoms with van der Waals surface area (Å²) in [5.41, 5.74) is 4.48.